The zero-order valence-electron chi connectivity index (χ0n) is 15.8. The van der Waals surface area contributed by atoms with E-state index in [1.165, 1.54) is 0 Å². The van der Waals surface area contributed by atoms with Gasteiger partial charge in [-0.05, 0) is 44.4 Å². The van der Waals surface area contributed by atoms with Crippen molar-refractivity contribution >= 4 is 11.8 Å². The fourth-order valence-electron chi connectivity index (χ4n) is 3.48. The summed E-state index contributed by atoms with van der Waals surface area (Å²) in [7, 11) is 0. The first-order valence-corrected chi connectivity index (χ1v) is 9.28. The van der Waals surface area contributed by atoms with Crippen LogP contribution < -0.4 is 11.1 Å². The molecule has 1 atom stereocenters. The summed E-state index contributed by atoms with van der Waals surface area (Å²) in [5.41, 5.74) is 9.56. The van der Waals surface area contributed by atoms with Crippen LogP contribution in [0.15, 0.2) is 24.3 Å². The second kappa shape index (κ2) is 8.35. The second-order valence-electron chi connectivity index (χ2n) is 6.91. The largest absolute Gasteiger partial charge is 0.376 e. The molecule has 0 bridgehead atoms. The third-order valence-electron chi connectivity index (χ3n) is 4.88. The maximum absolute atomic E-state index is 12.5. The predicted octanol–water partition coefficient (Wildman–Crippen LogP) is 1.95. The Balaban J connectivity index is 1.76. The molecule has 0 unspecified atom stereocenters. The third-order valence-corrected chi connectivity index (χ3v) is 4.88. The first-order valence-electron chi connectivity index (χ1n) is 9.28. The van der Waals surface area contributed by atoms with Gasteiger partial charge in [0.15, 0.2) is 0 Å². The predicted molar refractivity (Wildman–Crippen MR) is 102 cm³/mol. The number of nitrogens with one attached hydrogen (secondary N) is 1. The molecule has 1 aliphatic heterocycles. The highest BCUT2D eigenvalue weighted by molar-refractivity contribution is 5.95. The Morgan fingerprint density at radius 2 is 2.19 bits per heavy atom. The number of carbonyl (C=O) groups excluding carboxylic acids is 2. The lowest BCUT2D eigenvalue weighted by molar-refractivity contribution is -0.118. The molecule has 1 aromatic heterocycles. The van der Waals surface area contributed by atoms with Gasteiger partial charge < -0.3 is 15.8 Å². The Hall–Kier alpha value is -2.67. The Morgan fingerprint density at radius 3 is 2.89 bits per heavy atom. The molecule has 2 aromatic rings. The molecule has 2 heterocycles. The van der Waals surface area contributed by atoms with Gasteiger partial charge in [0.2, 0.25) is 5.91 Å². The number of ether oxygens (including phenoxy) is 1. The number of primary amides is 1. The Bertz CT molecular complexity index is 838. The van der Waals surface area contributed by atoms with Gasteiger partial charge in [-0.15, -0.1) is 0 Å². The Labute approximate surface area is 158 Å². The van der Waals surface area contributed by atoms with Crippen LogP contribution in [0.3, 0.4) is 0 Å². The molecule has 2 amide bonds. The van der Waals surface area contributed by atoms with Crippen LogP contribution in [-0.4, -0.2) is 40.9 Å². The van der Waals surface area contributed by atoms with Crippen LogP contribution in [0.5, 0.6) is 0 Å². The van der Waals surface area contributed by atoms with Gasteiger partial charge in [0.25, 0.3) is 5.91 Å². The molecule has 0 radical (unpaired) electrons. The first kappa shape index (κ1) is 19.1. The summed E-state index contributed by atoms with van der Waals surface area (Å²) in [6.45, 7) is 5.64. The Morgan fingerprint density at radius 1 is 1.37 bits per heavy atom. The fourth-order valence-corrected chi connectivity index (χ4v) is 3.48. The molecule has 0 spiro atoms. The minimum Gasteiger partial charge on any atom is -0.376 e. The summed E-state index contributed by atoms with van der Waals surface area (Å²) in [5.74, 6) is -0.460. The average Bonchev–Trinajstić information content (AvgIpc) is 3.26. The van der Waals surface area contributed by atoms with Gasteiger partial charge in [-0.25, -0.2) is 0 Å². The highest BCUT2D eigenvalue weighted by Crippen LogP contribution is 2.28. The standard InChI is InChI=1S/C20H26N4O3/c1-13-19(14(2)24(23-13)9-8-18(21)25)15-5-3-6-16(11-15)20(26)22-12-17-7-4-10-27-17/h3,5-6,11,17H,4,7-10,12H2,1-2H3,(H2,21,25)(H,22,26)/t17-/m1/s1. The fraction of sp³-hybridized carbons (Fsp3) is 0.450. The highest BCUT2D eigenvalue weighted by atomic mass is 16.5. The molecule has 7 heteroatoms. The van der Waals surface area contributed by atoms with Crippen LogP contribution >= 0.6 is 0 Å². The molecule has 0 aliphatic carbocycles. The molecule has 0 saturated carbocycles. The molecule has 3 rings (SSSR count). The Kier molecular flexibility index (Phi) is 5.91. The van der Waals surface area contributed by atoms with Crippen LogP contribution in [0.1, 0.15) is 41.0 Å². The maximum atomic E-state index is 12.5. The van der Waals surface area contributed by atoms with Crippen molar-refractivity contribution in [1.82, 2.24) is 15.1 Å². The van der Waals surface area contributed by atoms with Crippen LogP contribution in [0, 0.1) is 13.8 Å². The van der Waals surface area contributed by atoms with E-state index in [1.807, 2.05) is 32.0 Å². The number of rotatable bonds is 7. The van der Waals surface area contributed by atoms with Gasteiger partial charge in [-0.3, -0.25) is 14.3 Å². The lowest BCUT2D eigenvalue weighted by atomic mass is 10.0. The molecular formula is C20H26N4O3. The molecule has 144 valence electrons. The second-order valence-corrected chi connectivity index (χ2v) is 6.91. The van der Waals surface area contributed by atoms with Crippen LogP contribution in [-0.2, 0) is 16.1 Å². The van der Waals surface area contributed by atoms with Gasteiger partial charge in [-0.2, -0.15) is 5.10 Å². The number of hydrogen-bond donors (Lipinski definition) is 2. The van der Waals surface area contributed by atoms with E-state index in [4.69, 9.17) is 10.5 Å². The quantitative estimate of drug-likeness (QED) is 0.778. The van der Waals surface area contributed by atoms with E-state index in [0.29, 0.717) is 18.7 Å². The highest BCUT2D eigenvalue weighted by Gasteiger charge is 2.18. The summed E-state index contributed by atoms with van der Waals surface area (Å²) in [6.07, 6.45) is 2.40. The monoisotopic (exact) mass is 370 g/mol. The average molecular weight is 370 g/mol. The normalized spacial score (nSPS) is 16.4. The van der Waals surface area contributed by atoms with E-state index >= 15 is 0 Å². The van der Waals surface area contributed by atoms with Crippen molar-refractivity contribution in [1.29, 1.82) is 0 Å². The number of nitrogens with zero attached hydrogens (tertiary/aromatic N) is 2. The van der Waals surface area contributed by atoms with Crippen LogP contribution in [0.2, 0.25) is 0 Å². The summed E-state index contributed by atoms with van der Waals surface area (Å²) in [5, 5.41) is 7.46. The van der Waals surface area contributed by atoms with E-state index in [0.717, 1.165) is 42.0 Å². The number of aryl methyl sites for hydroxylation is 2. The third kappa shape index (κ3) is 4.54. The van der Waals surface area contributed by atoms with Gasteiger partial charge in [0.05, 0.1) is 11.8 Å². The van der Waals surface area contributed by atoms with Gasteiger partial charge in [0, 0.05) is 42.9 Å². The molecule has 1 aliphatic rings. The van der Waals surface area contributed by atoms with E-state index in [-0.39, 0.29) is 24.3 Å². The van der Waals surface area contributed by atoms with Crippen molar-refractivity contribution < 1.29 is 14.3 Å². The zero-order valence-corrected chi connectivity index (χ0v) is 15.8. The van der Waals surface area contributed by atoms with Crippen molar-refractivity contribution in [2.75, 3.05) is 13.2 Å². The number of nitrogens with two attached hydrogens (primary N) is 1. The van der Waals surface area contributed by atoms with Crippen molar-refractivity contribution in [3.8, 4) is 11.1 Å². The number of aromatic nitrogens is 2. The van der Waals surface area contributed by atoms with Crippen LogP contribution in [0.4, 0.5) is 0 Å². The van der Waals surface area contributed by atoms with Crippen molar-refractivity contribution in [2.45, 2.75) is 45.8 Å². The lowest BCUT2D eigenvalue weighted by Crippen LogP contribution is -2.31. The smallest absolute Gasteiger partial charge is 0.251 e. The number of hydrogen-bond acceptors (Lipinski definition) is 4. The number of carbonyl (C=O) groups is 2. The maximum Gasteiger partial charge on any atom is 0.251 e. The summed E-state index contributed by atoms with van der Waals surface area (Å²) in [4.78, 5) is 23.5. The minimum absolute atomic E-state index is 0.108. The summed E-state index contributed by atoms with van der Waals surface area (Å²) < 4.78 is 7.34. The minimum atomic E-state index is -0.353. The first-order chi connectivity index (χ1) is 13.0. The van der Waals surface area contributed by atoms with Crippen molar-refractivity contribution in [3.05, 3.63) is 41.2 Å². The SMILES string of the molecule is Cc1nn(CCC(N)=O)c(C)c1-c1cccc(C(=O)NC[C@H]2CCCO2)c1. The van der Waals surface area contributed by atoms with E-state index in [9.17, 15) is 9.59 Å². The van der Waals surface area contributed by atoms with Gasteiger partial charge >= 0.3 is 0 Å². The zero-order chi connectivity index (χ0) is 19.4. The number of benzene rings is 1. The molecule has 1 saturated heterocycles. The molecule has 3 N–H and O–H groups in total. The number of amides is 2. The van der Waals surface area contributed by atoms with Crippen LogP contribution in [0.25, 0.3) is 11.1 Å². The topological polar surface area (TPSA) is 99.2 Å². The molecule has 27 heavy (non-hydrogen) atoms. The van der Waals surface area contributed by atoms with Gasteiger partial charge in [0.1, 0.15) is 0 Å². The van der Waals surface area contributed by atoms with E-state index in [2.05, 4.69) is 10.4 Å². The van der Waals surface area contributed by atoms with E-state index < -0.39 is 0 Å². The molecule has 1 aromatic carbocycles. The van der Waals surface area contributed by atoms with Gasteiger partial charge in [-0.1, -0.05) is 12.1 Å². The molecule has 7 nitrogen and oxygen atoms in total. The van der Waals surface area contributed by atoms with Crippen molar-refractivity contribution in [2.24, 2.45) is 5.73 Å². The lowest BCUT2D eigenvalue weighted by Gasteiger charge is -2.11. The molecule has 1 fully saturated rings. The summed E-state index contributed by atoms with van der Waals surface area (Å²) in [6, 6.07) is 7.51. The molecular weight excluding hydrogens is 344 g/mol. The van der Waals surface area contributed by atoms with Crippen molar-refractivity contribution in [3.63, 3.8) is 0 Å². The van der Waals surface area contributed by atoms with E-state index in [1.54, 1.807) is 10.7 Å². The summed E-state index contributed by atoms with van der Waals surface area (Å²) >= 11 is 0.